The van der Waals surface area contributed by atoms with E-state index in [0.29, 0.717) is 0 Å². The first-order valence-corrected chi connectivity index (χ1v) is 4.83. The van der Waals surface area contributed by atoms with Crippen LogP contribution in [0.4, 0.5) is 0 Å². The summed E-state index contributed by atoms with van der Waals surface area (Å²) in [5.74, 6) is -1.18. The topological polar surface area (TPSA) is 57.5 Å². The number of aliphatic hydroxyl groups excluding tert-OH is 1. The van der Waals surface area contributed by atoms with E-state index in [2.05, 4.69) is 22.6 Å². The molecule has 0 aromatic heterocycles. The lowest BCUT2D eigenvalue weighted by Gasteiger charge is -2.05. The second-order valence-corrected chi connectivity index (χ2v) is 3.93. The van der Waals surface area contributed by atoms with Crippen LogP contribution in [0.1, 0.15) is 5.56 Å². The molecule has 2 N–H and O–H groups in total. The van der Waals surface area contributed by atoms with Gasteiger partial charge in [0, 0.05) is 9.99 Å². The fourth-order valence-electron chi connectivity index (χ4n) is 0.975. The highest BCUT2D eigenvalue weighted by Crippen LogP contribution is 2.09. The van der Waals surface area contributed by atoms with Gasteiger partial charge in [-0.1, -0.05) is 12.1 Å². The Balaban J connectivity index is 2.69. The maximum Gasteiger partial charge on any atom is 0.332 e. The van der Waals surface area contributed by atoms with Gasteiger partial charge in [-0.25, -0.2) is 4.79 Å². The molecule has 0 aliphatic rings. The Morgan fingerprint density at radius 2 is 2.23 bits per heavy atom. The van der Waals surface area contributed by atoms with Crippen molar-refractivity contribution in [2.75, 3.05) is 0 Å². The van der Waals surface area contributed by atoms with Gasteiger partial charge in [0.2, 0.25) is 0 Å². The largest absolute Gasteiger partial charge is 0.479 e. The van der Waals surface area contributed by atoms with Crippen molar-refractivity contribution in [3.8, 4) is 0 Å². The molecule has 3 nitrogen and oxygen atoms in total. The van der Waals surface area contributed by atoms with Crippen LogP contribution < -0.4 is 0 Å². The van der Waals surface area contributed by atoms with Crippen molar-refractivity contribution in [2.45, 2.75) is 12.5 Å². The van der Waals surface area contributed by atoms with E-state index >= 15 is 0 Å². The van der Waals surface area contributed by atoms with Gasteiger partial charge in [-0.15, -0.1) is 0 Å². The summed E-state index contributed by atoms with van der Waals surface area (Å²) in [5.41, 5.74) is 0.835. The van der Waals surface area contributed by atoms with Crippen molar-refractivity contribution in [1.82, 2.24) is 0 Å². The molecule has 70 valence electrons. The Morgan fingerprint density at radius 1 is 1.54 bits per heavy atom. The Hall–Kier alpha value is -0.620. The number of rotatable bonds is 3. The predicted molar refractivity (Wildman–Crippen MR) is 56.5 cm³/mol. The van der Waals surface area contributed by atoms with E-state index in [4.69, 9.17) is 10.2 Å². The molecule has 0 spiro atoms. The summed E-state index contributed by atoms with van der Waals surface area (Å²) >= 11 is 2.14. The molecule has 0 aliphatic heterocycles. The monoisotopic (exact) mass is 292 g/mol. The van der Waals surface area contributed by atoms with Gasteiger partial charge in [-0.2, -0.15) is 0 Å². The second kappa shape index (κ2) is 4.57. The fourth-order valence-corrected chi connectivity index (χ4v) is 1.58. The summed E-state index contributed by atoms with van der Waals surface area (Å²) in [6.07, 6.45) is -1.15. The van der Waals surface area contributed by atoms with Crippen molar-refractivity contribution in [3.63, 3.8) is 0 Å². The molecule has 1 aromatic carbocycles. The summed E-state index contributed by atoms with van der Waals surface area (Å²) in [7, 11) is 0. The molecular weight excluding hydrogens is 283 g/mol. The third-order valence-corrected chi connectivity index (χ3v) is 2.27. The molecule has 0 radical (unpaired) electrons. The van der Waals surface area contributed by atoms with Gasteiger partial charge < -0.3 is 10.2 Å². The number of aliphatic hydroxyl groups is 1. The van der Waals surface area contributed by atoms with Gasteiger partial charge in [0.15, 0.2) is 6.10 Å². The molecule has 1 rings (SSSR count). The van der Waals surface area contributed by atoms with Crippen LogP contribution in [-0.2, 0) is 11.2 Å². The molecule has 13 heavy (non-hydrogen) atoms. The first kappa shape index (κ1) is 10.5. The number of benzene rings is 1. The zero-order chi connectivity index (χ0) is 9.84. The minimum absolute atomic E-state index is 0.159. The number of carboxylic acids is 1. The molecule has 0 saturated carbocycles. The fraction of sp³-hybridized carbons (Fsp3) is 0.222. The highest BCUT2D eigenvalue weighted by atomic mass is 127. The smallest absolute Gasteiger partial charge is 0.332 e. The summed E-state index contributed by atoms with van der Waals surface area (Å²) in [6.45, 7) is 0. The van der Waals surface area contributed by atoms with E-state index in [1.54, 1.807) is 6.07 Å². The molecule has 0 bridgehead atoms. The standard InChI is InChI=1S/C9H9IO3/c10-7-3-1-2-6(4-7)5-8(11)9(12)13/h1-4,8,11H,5H2,(H,12,13)/t8-/m0/s1. The lowest BCUT2D eigenvalue weighted by Crippen LogP contribution is -2.21. The van der Waals surface area contributed by atoms with Crippen molar-refractivity contribution in [3.05, 3.63) is 33.4 Å². The van der Waals surface area contributed by atoms with E-state index in [9.17, 15) is 4.79 Å². The molecular formula is C9H9IO3. The summed E-state index contributed by atoms with van der Waals surface area (Å²) in [4.78, 5) is 10.3. The van der Waals surface area contributed by atoms with Gasteiger partial charge >= 0.3 is 5.97 Å². The minimum Gasteiger partial charge on any atom is -0.479 e. The number of hydrogen-bond acceptors (Lipinski definition) is 2. The normalized spacial score (nSPS) is 12.5. The first-order chi connectivity index (χ1) is 6.09. The van der Waals surface area contributed by atoms with Crippen LogP contribution in [0.5, 0.6) is 0 Å². The van der Waals surface area contributed by atoms with Crippen LogP contribution in [0.2, 0.25) is 0 Å². The first-order valence-electron chi connectivity index (χ1n) is 3.75. The van der Waals surface area contributed by atoms with Crippen molar-refractivity contribution in [1.29, 1.82) is 0 Å². The van der Waals surface area contributed by atoms with Gasteiger partial charge in [0.1, 0.15) is 0 Å². The van der Waals surface area contributed by atoms with Gasteiger partial charge in [-0.05, 0) is 40.3 Å². The molecule has 1 atom stereocenters. The second-order valence-electron chi connectivity index (χ2n) is 2.69. The summed E-state index contributed by atoms with van der Waals surface area (Å²) in [6, 6.07) is 7.41. The zero-order valence-corrected chi connectivity index (χ0v) is 8.93. The van der Waals surface area contributed by atoms with Gasteiger partial charge in [0.25, 0.3) is 0 Å². The van der Waals surface area contributed by atoms with Crippen molar-refractivity contribution >= 4 is 28.6 Å². The van der Waals surface area contributed by atoms with E-state index in [1.165, 1.54) is 0 Å². The molecule has 0 amide bonds. The number of halogens is 1. The average molecular weight is 292 g/mol. The van der Waals surface area contributed by atoms with E-state index in [0.717, 1.165) is 9.13 Å². The maximum absolute atomic E-state index is 10.3. The summed E-state index contributed by atoms with van der Waals surface area (Å²) in [5, 5.41) is 17.5. The van der Waals surface area contributed by atoms with E-state index in [1.807, 2.05) is 18.2 Å². The molecule has 0 fully saturated rings. The zero-order valence-electron chi connectivity index (χ0n) is 6.77. The van der Waals surface area contributed by atoms with Crippen LogP contribution >= 0.6 is 22.6 Å². The molecule has 0 aliphatic carbocycles. The van der Waals surface area contributed by atoms with Crippen LogP contribution in [0.15, 0.2) is 24.3 Å². The molecule has 0 saturated heterocycles. The Bertz CT molecular complexity index is 311. The number of hydrogen-bond donors (Lipinski definition) is 2. The summed E-state index contributed by atoms with van der Waals surface area (Å²) < 4.78 is 1.03. The Kier molecular flexibility index (Phi) is 3.68. The third-order valence-electron chi connectivity index (χ3n) is 1.60. The van der Waals surface area contributed by atoms with Crippen molar-refractivity contribution in [2.24, 2.45) is 0 Å². The number of carbonyl (C=O) groups is 1. The van der Waals surface area contributed by atoms with Gasteiger partial charge in [0.05, 0.1) is 0 Å². The number of carboxylic acid groups (broad SMARTS) is 1. The molecule has 0 heterocycles. The Morgan fingerprint density at radius 3 is 2.77 bits per heavy atom. The minimum atomic E-state index is -1.31. The van der Waals surface area contributed by atoms with Gasteiger partial charge in [-0.3, -0.25) is 0 Å². The van der Waals surface area contributed by atoms with E-state index in [-0.39, 0.29) is 6.42 Å². The lowest BCUT2D eigenvalue weighted by molar-refractivity contribution is -0.146. The molecule has 1 aromatic rings. The third kappa shape index (κ3) is 3.31. The number of aliphatic carboxylic acids is 1. The predicted octanol–water partition coefficient (Wildman–Crippen LogP) is 1.28. The Labute approximate surface area is 89.5 Å². The quantitative estimate of drug-likeness (QED) is 0.825. The molecule has 0 unspecified atom stereocenters. The van der Waals surface area contributed by atoms with Crippen LogP contribution in [-0.4, -0.2) is 22.3 Å². The maximum atomic E-state index is 10.3. The molecule has 4 heteroatoms. The van der Waals surface area contributed by atoms with Crippen LogP contribution in [0, 0.1) is 3.57 Å². The SMILES string of the molecule is O=C(O)[C@@H](O)Cc1cccc(I)c1. The highest BCUT2D eigenvalue weighted by Gasteiger charge is 2.13. The van der Waals surface area contributed by atoms with Crippen LogP contribution in [0.25, 0.3) is 0 Å². The van der Waals surface area contributed by atoms with E-state index < -0.39 is 12.1 Å². The average Bonchev–Trinajstić information content (AvgIpc) is 2.04. The highest BCUT2D eigenvalue weighted by molar-refractivity contribution is 14.1. The lowest BCUT2D eigenvalue weighted by atomic mass is 10.1. The van der Waals surface area contributed by atoms with Crippen LogP contribution in [0.3, 0.4) is 0 Å². The van der Waals surface area contributed by atoms with Crippen molar-refractivity contribution < 1.29 is 15.0 Å².